The lowest BCUT2D eigenvalue weighted by Gasteiger charge is -2.09. The van der Waals surface area contributed by atoms with Gasteiger partial charge in [-0.15, -0.1) is 0 Å². The molecule has 2 aromatic rings. The Balaban J connectivity index is 1.79. The van der Waals surface area contributed by atoms with Crippen LogP contribution in [0.25, 0.3) is 0 Å². The number of nitrogens with one attached hydrogen (secondary N) is 2. The number of carbonyl (C=O) groups is 1. The molecule has 0 fully saturated rings. The highest BCUT2D eigenvalue weighted by atomic mass is 35.5. The fourth-order valence-electron chi connectivity index (χ4n) is 1.83. The third-order valence-electron chi connectivity index (χ3n) is 3.07. The van der Waals surface area contributed by atoms with Crippen LogP contribution in [-0.4, -0.2) is 17.7 Å². The Morgan fingerprint density at radius 3 is 2.57 bits per heavy atom. The predicted molar refractivity (Wildman–Crippen MR) is 85.0 cm³/mol. The number of aromatic hydroxyl groups is 1. The first-order valence-electron chi connectivity index (χ1n) is 6.63. The lowest BCUT2D eigenvalue weighted by molar-refractivity contribution is 0.252. The molecule has 0 radical (unpaired) electrons. The summed E-state index contributed by atoms with van der Waals surface area (Å²) in [6.45, 7) is 2.42. The maximum Gasteiger partial charge on any atom is 0.319 e. The zero-order chi connectivity index (χ0) is 15.2. The van der Waals surface area contributed by atoms with Gasteiger partial charge in [0.15, 0.2) is 0 Å². The van der Waals surface area contributed by atoms with Crippen LogP contribution in [0.3, 0.4) is 0 Å². The van der Waals surface area contributed by atoms with E-state index in [1.165, 1.54) is 0 Å². The Bertz CT molecular complexity index is 627. The van der Waals surface area contributed by atoms with Crippen molar-refractivity contribution in [2.45, 2.75) is 13.3 Å². The van der Waals surface area contributed by atoms with E-state index in [2.05, 4.69) is 10.6 Å². The lowest BCUT2D eigenvalue weighted by atomic mass is 10.1. The number of aryl methyl sites for hydroxylation is 1. The Hall–Kier alpha value is -2.20. The van der Waals surface area contributed by atoms with E-state index in [0.29, 0.717) is 23.7 Å². The number of benzene rings is 2. The molecule has 2 aromatic carbocycles. The van der Waals surface area contributed by atoms with Crippen molar-refractivity contribution in [3.63, 3.8) is 0 Å². The topological polar surface area (TPSA) is 61.4 Å². The maximum atomic E-state index is 11.7. The highest BCUT2D eigenvalue weighted by molar-refractivity contribution is 6.31. The smallest absolute Gasteiger partial charge is 0.319 e. The summed E-state index contributed by atoms with van der Waals surface area (Å²) in [4.78, 5) is 11.7. The SMILES string of the molecule is Cc1ccc(NC(=O)NCCc2ccc(O)cc2)cc1Cl. The molecule has 0 aliphatic heterocycles. The summed E-state index contributed by atoms with van der Waals surface area (Å²) in [5, 5.41) is 15.3. The van der Waals surface area contributed by atoms with Gasteiger partial charge in [-0.3, -0.25) is 0 Å². The number of phenolic OH excluding ortho intramolecular Hbond substituents is 1. The second kappa shape index (κ2) is 6.99. The van der Waals surface area contributed by atoms with E-state index in [-0.39, 0.29) is 11.8 Å². The molecule has 0 saturated heterocycles. The molecule has 0 aliphatic rings. The fraction of sp³-hybridized carbons (Fsp3) is 0.188. The molecule has 0 aromatic heterocycles. The molecule has 3 N–H and O–H groups in total. The van der Waals surface area contributed by atoms with Crippen LogP contribution in [0.4, 0.5) is 10.5 Å². The van der Waals surface area contributed by atoms with Crippen LogP contribution in [0, 0.1) is 6.92 Å². The molecule has 0 spiro atoms. The third kappa shape index (κ3) is 4.68. The van der Waals surface area contributed by atoms with Gasteiger partial charge < -0.3 is 15.7 Å². The van der Waals surface area contributed by atoms with Gasteiger partial charge in [-0.05, 0) is 48.7 Å². The van der Waals surface area contributed by atoms with Gasteiger partial charge in [0.1, 0.15) is 5.75 Å². The standard InChI is InChI=1S/C16H17ClN2O2/c1-11-2-5-13(10-15(11)17)19-16(21)18-9-8-12-3-6-14(20)7-4-12/h2-7,10,20H,8-9H2,1H3,(H2,18,19,21). The van der Waals surface area contributed by atoms with E-state index in [1.54, 1.807) is 24.3 Å². The molecule has 0 unspecified atom stereocenters. The van der Waals surface area contributed by atoms with E-state index in [1.807, 2.05) is 25.1 Å². The number of halogens is 1. The number of anilines is 1. The first-order chi connectivity index (χ1) is 10.0. The van der Waals surface area contributed by atoms with Crippen molar-refractivity contribution < 1.29 is 9.90 Å². The quantitative estimate of drug-likeness (QED) is 0.806. The molecule has 5 heteroatoms. The number of rotatable bonds is 4. The number of urea groups is 1. The van der Waals surface area contributed by atoms with E-state index in [4.69, 9.17) is 11.6 Å². The second-order valence-electron chi connectivity index (χ2n) is 4.76. The highest BCUT2D eigenvalue weighted by Crippen LogP contribution is 2.19. The van der Waals surface area contributed by atoms with E-state index >= 15 is 0 Å². The van der Waals surface area contributed by atoms with Crippen LogP contribution in [0.1, 0.15) is 11.1 Å². The Labute approximate surface area is 128 Å². The van der Waals surface area contributed by atoms with Gasteiger partial charge in [0.25, 0.3) is 0 Å². The zero-order valence-corrected chi connectivity index (χ0v) is 12.4. The minimum absolute atomic E-state index is 0.237. The van der Waals surface area contributed by atoms with Crippen LogP contribution in [0.5, 0.6) is 5.75 Å². The molecule has 0 heterocycles. The summed E-state index contributed by atoms with van der Waals surface area (Å²) in [7, 11) is 0. The molecule has 2 amide bonds. The molecule has 2 rings (SSSR count). The van der Waals surface area contributed by atoms with Crippen molar-refractivity contribution >= 4 is 23.3 Å². The number of amides is 2. The Morgan fingerprint density at radius 1 is 1.19 bits per heavy atom. The molecule has 21 heavy (non-hydrogen) atoms. The molecule has 110 valence electrons. The number of hydrogen-bond donors (Lipinski definition) is 3. The fourth-order valence-corrected chi connectivity index (χ4v) is 2.01. The summed E-state index contributed by atoms with van der Waals surface area (Å²) < 4.78 is 0. The van der Waals surface area contributed by atoms with Crippen LogP contribution >= 0.6 is 11.6 Å². The largest absolute Gasteiger partial charge is 0.508 e. The van der Waals surface area contributed by atoms with Crippen molar-refractivity contribution in [1.29, 1.82) is 0 Å². The first kappa shape index (κ1) is 15.2. The van der Waals surface area contributed by atoms with Crippen LogP contribution in [-0.2, 0) is 6.42 Å². The zero-order valence-electron chi connectivity index (χ0n) is 11.7. The van der Waals surface area contributed by atoms with Gasteiger partial charge in [0.2, 0.25) is 0 Å². The Morgan fingerprint density at radius 2 is 1.90 bits per heavy atom. The average molecular weight is 305 g/mol. The second-order valence-corrected chi connectivity index (χ2v) is 5.17. The molecular weight excluding hydrogens is 288 g/mol. The molecule has 0 aliphatic carbocycles. The van der Waals surface area contributed by atoms with Crippen LogP contribution in [0.15, 0.2) is 42.5 Å². The molecule has 0 saturated carbocycles. The Kier molecular flexibility index (Phi) is 5.06. The van der Waals surface area contributed by atoms with Crippen molar-refractivity contribution in [2.24, 2.45) is 0 Å². The van der Waals surface area contributed by atoms with Gasteiger partial charge in [-0.2, -0.15) is 0 Å². The number of phenols is 1. The van der Waals surface area contributed by atoms with Crippen molar-refractivity contribution in [3.8, 4) is 5.75 Å². The van der Waals surface area contributed by atoms with E-state index in [0.717, 1.165) is 11.1 Å². The summed E-state index contributed by atoms with van der Waals surface area (Å²) >= 11 is 6.00. The third-order valence-corrected chi connectivity index (χ3v) is 3.47. The molecule has 0 bridgehead atoms. The minimum atomic E-state index is -0.270. The first-order valence-corrected chi connectivity index (χ1v) is 7.01. The molecule has 4 nitrogen and oxygen atoms in total. The van der Waals surface area contributed by atoms with E-state index < -0.39 is 0 Å². The van der Waals surface area contributed by atoms with Crippen molar-refractivity contribution in [2.75, 3.05) is 11.9 Å². The predicted octanol–water partition coefficient (Wildman–Crippen LogP) is 3.72. The lowest BCUT2D eigenvalue weighted by Crippen LogP contribution is -2.30. The summed E-state index contributed by atoms with van der Waals surface area (Å²) in [5.41, 5.74) is 2.68. The van der Waals surface area contributed by atoms with Crippen molar-refractivity contribution in [3.05, 3.63) is 58.6 Å². The normalized spacial score (nSPS) is 10.2. The summed E-state index contributed by atoms with van der Waals surface area (Å²) in [6.07, 6.45) is 0.697. The maximum absolute atomic E-state index is 11.7. The highest BCUT2D eigenvalue weighted by Gasteiger charge is 2.03. The van der Waals surface area contributed by atoms with Gasteiger partial charge in [0, 0.05) is 17.3 Å². The monoisotopic (exact) mass is 304 g/mol. The summed E-state index contributed by atoms with van der Waals surface area (Å²) in [5.74, 6) is 0.237. The van der Waals surface area contributed by atoms with Gasteiger partial charge in [-0.25, -0.2) is 4.79 Å². The van der Waals surface area contributed by atoms with Gasteiger partial charge in [-0.1, -0.05) is 29.8 Å². The van der Waals surface area contributed by atoms with Gasteiger partial charge >= 0.3 is 6.03 Å². The van der Waals surface area contributed by atoms with E-state index in [9.17, 15) is 9.90 Å². The number of carbonyl (C=O) groups excluding carboxylic acids is 1. The van der Waals surface area contributed by atoms with Crippen molar-refractivity contribution in [1.82, 2.24) is 5.32 Å². The van der Waals surface area contributed by atoms with Gasteiger partial charge in [0.05, 0.1) is 0 Å². The van der Waals surface area contributed by atoms with Crippen LogP contribution in [0.2, 0.25) is 5.02 Å². The summed E-state index contributed by atoms with van der Waals surface area (Å²) in [6, 6.07) is 12.0. The van der Waals surface area contributed by atoms with Crippen LogP contribution < -0.4 is 10.6 Å². The average Bonchev–Trinajstić information content (AvgIpc) is 2.45. The molecular formula is C16H17ClN2O2. The minimum Gasteiger partial charge on any atom is -0.508 e. The molecule has 0 atom stereocenters. The number of hydrogen-bond acceptors (Lipinski definition) is 2.